The molecule has 48 heavy (non-hydrogen) atoms. The smallest absolute Gasteiger partial charge is 0.355 e. The molecule has 0 amide bonds. The number of aryl methyl sites for hydroxylation is 2. The van der Waals surface area contributed by atoms with E-state index in [1.165, 1.54) is 43.0 Å². The number of nitrogens with one attached hydrogen (secondary N) is 1. The summed E-state index contributed by atoms with van der Waals surface area (Å²) in [6.45, 7) is 0.171. The molecule has 21 heteroatoms. The van der Waals surface area contributed by atoms with Gasteiger partial charge in [0.1, 0.15) is 18.0 Å². The third-order valence-electron chi connectivity index (χ3n) is 6.85. The van der Waals surface area contributed by atoms with Gasteiger partial charge in [0.2, 0.25) is 15.9 Å². The first-order valence-electron chi connectivity index (χ1n) is 13.4. The normalized spacial score (nSPS) is 13.2. The molecule has 15 nitrogen and oxygen atoms in total. The van der Waals surface area contributed by atoms with Gasteiger partial charge in [-0.2, -0.15) is 18.6 Å². The molecular formula is C27H27Cl2F2N7O8S2. The molecule has 1 aliphatic heterocycles. The third-order valence-corrected chi connectivity index (χ3v) is 9.20. The molecule has 3 heterocycles. The minimum atomic E-state index is -3.65. The summed E-state index contributed by atoms with van der Waals surface area (Å²) in [4.78, 5) is 29.9. The van der Waals surface area contributed by atoms with E-state index in [2.05, 4.69) is 20.1 Å². The summed E-state index contributed by atoms with van der Waals surface area (Å²) < 4.78 is 76.7. The third kappa shape index (κ3) is 7.53. The maximum absolute atomic E-state index is 12.8. The van der Waals surface area contributed by atoms with E-state index in [0.717, 1.165) is 18.6 Å². The Hall–Kier alpha value is -4.33. The Bertz CT molecular complexity index is 2250. The average molecular weight is 751 g/mol. The molecule has 0 atom stereocenters. The van der Waals surface area contributed by atoms with Gasteiger partial charge in [0.15, 0.2) is 15.6 Å². The number of carbonyl (C=O) groups is 1. The van der Waals surface area contributed by atoms with E-state index in [0.29, 0.717) is 34.5 Å². The fourth-order valence-corrected chi connectivity index (χ4v) is 6.75. The number of sulfone groups is 1. The van der Waals surface area contributed by atoms with Gasteiger partial charge >= 0.3 is 12.2 Å². The van der Waals surface area contributed by atoms with Crippen molar-refractivity contribution in [3.8, 4) is 11.6 Å². The Morgan fingerprint density at radius 1 is 1.08 bits per heavy atom. The molecule has 0 fully saturated rings. The van der Waals surface area contributed by atoms with Crippen LogP contribution < -0.4 is 10.4 Å². The predicted molar refractivity (Wildman–Crippen MR) is 172 cm³/mol. The van der Waals surface area contributed by atoms with Crippen molar-refractivity contribution >= 4 is 60.2 Å². The fourth-order valence-electron chi connectivity index (χ4n) is 4.65. The first kappa shape index (κ1) is 36.5. The van der Waals surface area contributed by atoms with Crippen LogP contribution in [-0.2, 0) is 31.7 Å². The SMILES string of the molecule is Cc1c(C(=O)c2cnn(C)c2O)ccc(S(C)(=O)=O)c1C1=NOCC1.Cc1nn(-c2cc(NS(C)(=O)=O)c(Cl)cc2Cl)c(=O)n1C(F)F. The van der Waals surface area contributed by atoms with Crippen LogP contribution in [-0.4, -0.2) is 76.7 Å². The molecule has 0 saturated carbocycles. The number of benzene rings is 2. The lowest BCUT2D eigenvalue weighted by Gasteiger charge is -2.14. The van der Waals surface area contributed by atoms with Gasteiger partial charge in [-0.15, -0.1) is 5.10 Å². The number of alkyl halides is 2. The molecule has 2 aromatic carbocycles. The number of sulfonamides is 1. The van der Waals surface area contributed by atoms with Crippen molar-refractivity contribution in [3.05, 3.63) is 79.1 Å². The second-order valence-electron chi connectivity index (χ2n) is 10.4. The quantitative estimate of drug-likeness (QED) is 0.251. The number of aromatic hydroxyl groups is 1. The van der Waals surface area contributed by atoms with E-state index < -0.39 is 37.9 Å². The Morgan fingerprint density at radius 2 is 1.75 bits per heavy atom. The number of nitrogens with zero attached hydrogens (tertiary/aromatic N) is 6. The lowest BCUT2D eigenvalue weighted by Crippen LogP contribution is -2.25. The summed E-state index contributed by atoms with van der Waals surface area (Å²) in [5.74, 6) is -0.919. The molecule has 0 spiro atoms. The van der Waals surface area contributed by atoms with Crippen LogP contribution in [0.15, 0.2) is 45.3 Å². The minimum Gasteiger partial charge on any atom is -0.493 e. The van der Waals surface area contributed by atoms with Crippen LogP contribution in [0.5, 0.6) is 5.88 Å². The van der Waals surface area contributed by atoms with Crippen LogP contribution in [0.25, 0.3) is 5.69 Å². The van der Waals surface area contributed by atoms with Crippen LogP contribution in [0.4, 0.5) is 14.5 Å². The van der Waals surface area contributed by atoms with Crippen molar-refractivity contribution in [3.63, 3.8) is 0 Å². The van der Waals surface area contributed by atoms with Crippen LogP contribution in [0.3, 0.4) is 0 Å². The molecular weight excluding hydrogens is 723 g/mol. The van der Waals surface area contributed by atoms with E-state index in [4.69, 9.17) is 28.0 Å². The number of rotatable bonds is 8. The van der Waals surface area contributed by atoms with Gasteiger partial charge in [0.05, 0.1) is 44.5 Å². The van der Waals surface area contributed by atoms with Crippen molar-refractivity contribution in [2.45, 2.75) is 31.7 Å². The Labute approximate surface area is 282 Å². The van der Waals surface area contributed by atoms with E-state index in [-0.39, 0.29) is 53.7 Å². The summed E-state index contributed by atoms with van der Waals surface area (Å²) in [6, 6.07) is 5.14. The highest BCUT2D eigenvalue weighted by atomic mass is 35.5. The summed E-state index contributed by atoms with van der Waals surface area (Å²) in [5.41, 5.74) is 0.401. The van der Waals surface area contributed by atoms with E-state index >= 15 is 0 Å². The van der Waals surface area contributed by atoms with Crippen molar-refractivity contribution in [2.24, 2.45) is 12.2 Å². The second-order valence-corrected chi connectivity index (χ2v) is 14.9. The summed E-state index contributed by atoms with van der Waals surface area (Å²) in [6.07, 6.45) is 3.74. The van der Waals surface area contributed by atoms with Gasteiger partial charge in [-0.1, -0.05) is 28.4 Å². The molecule has 0 aliphatic carbocycles. The number of anilines is 1. The molecule has 0 radical (unpaired) electrons. The van der Waals surface area contributed by atoms with Gasteiger partial charge in [-0.25, -0.2) is 30.9 Å². The van der Waals surface area contributed by atoms with E-state index in [1.54, 1.807) is 6.92 Å². The second kappa shape index (κ2) is 13.7. The maximum atomic E-state index is 12.8. The average Bonchev–Trinajstić information content (AvgIpc) is 3.69. The summed E-state index contributed by atoms with van der Waals surface area (Å²) >= 11 is 11.8. The number of hydrogen-bond acceptors (Lipinski definition) is 11. The highest BCUT2D eigenvalue weighted by molar-refractivity contribution is 7.92. The molecule has 1 aliphatic rings. The minimum absolute atomic E-state index is 0.0257. The highest BCUT2D eigenvalue weighted by Crippen LogP contribution is 2.32. The first-order chi connectivity index (χ1) is 22.2. The molecule has 0 saturated heterocycles. The van der Waals surface area contributed by atoms with Gasteiger partial charge in [-0.05, 0) is 43.7 Å². The zero-order chi connectivity index (χ0) is 35.9. The lowest BCUT2D eigenvalue weighted by molar-refractivity contribution is 0.0640. The highest BCUT2D eigenvalue weighted by Gasteiger charge is 2.28. The van der Waals surface area contributed by atoms with E-state index in [1.807, 2.05) is 0 Å². The Morgan fingerprint density at radius 3 is 2.25 bits per heavy atom. The van der Waals surface area contributed by atoms with Crippen molar-refractivity contribution in [2.75, 3.05) is 23.8 Å². The molecule has 0 unspecified atom stereocenters. The molecule has 2 aromatic heterocycles. The molecule has 5 rings (SSSR count). The van der Waals surface area contributed by atoms with Crippen molar-refractivity contribution in [1.82, 2.24) is 24.1 Å². The maximum Gasteiger partial charge on any atom is 0.355 e. The molecule has 0 bridgehead atoms. The first-order valence-corrected chi connectivity index (χ1v) is 18.0. The summed E-state index contributed by atoms with van der Waals surface area (Å²) in [7, 11) is -5.65. The van der Waals surface area contributed by atoms with Crippen LogP contribution >= 0.6 is 23.2 Å². The molecule has 258 valence electrons. The van der Waals surface area contributed by atoms with Gasteiger partial charge in [0, 0.05) is 30.9 Å². The number of carbonyl (C=O) groups excluding carboxylic acids is 1. The summed E-state index contributed by atoms with van der Waals surface area (Å²) in [5, 5.41) is 21.4. The zero-order valence-corrected chi connectivity index (χ0v) is 28.8. The van der Waals surface area contributed by atoms with Gasteiger partial charge < -0.3 is 9.94 Å². The Balaban J connectivity index is 0.000000218. The number of oxime groups is 1. The van der Waals surface area contributed by atoms with Crippen LogP contribution in [0.1, 0.15) is 45.8 Å². The van der Waals surface area contributed by atoms with Crippen molar-refractivity contribution < 1.29 is 40.4 Å². The van der Waals surface area contributed by atoms with Gasteiger partial charge in [0.25, 0.3) is 0 Å². The Kier molecular flexibility index (Phi) is 10.4. The van der Waals surface area contributed by atoms with Crippen LogP contribution in [0, 0.1) is 13.8 Å². The predicted octanol–water partition coefficient (Wildman–Crippen LogP) is 3.61. The van der Waals surface area contributed by atoms with Gasteiger partial charge in [-0.3, -0.25) is 9.52 Å². The zero-order valence-electron chi connectivity index (χ0n) is 25.7. The largest absolute Gasteiger partial charge is 0.493 e. The van der Waals surface area contributed by atoms with Crippen LogP contribution in [0.2, 0.25) is 10.0 Å². The number of ketones is 1. The molecule has 4 aromatic rings. The lowest BCUT2D eigenvalue weighted by atomic mass is 9.93. The van der Waals surface area contributed by atoms with E-state index in [9.17, 15) is 40.3 Å². The number of aromatic nitrogens is 5. The number of hydrogen-bond donors (Lipinski definition) is 2. The topological polar surface area (TPSA) is 197 Å². The monoisotopic (exact) mass is 749 g/mol. The molecule has 2 N–H and O–H groups in total. The fraction of sp³-hybridized carbons (Fsp3) is 0.296. The standard InChI is InChI=1S/C16H17N3O5S.C11H10Cl2F2N4O3S/c1-9-10(15(20)11-8-17-19(2)16(11)21)4-5-13(25(3,22)23)14(9)12-6-7-24-18-12;1-5-16-19(11(20)18(5)10(14)15)9-4-8(17-23(2,21)22)6(12)3-7(9)13/h4-5,8,21H,6-7H2,1-3H3;3-4,10,17H,1-2H3. The van der Waals surface area contributed by atoms with Crippen molar-refractivity contribution in [1.29, 1.82) is 0 Å². The number of halogens is 4.